The van der Waals surface area contributed by atoms with Gasteiger partial charge >= 0.3 is 0 Å². The Morgan fingerprint density at radius 1 is 0.867 bits per heavy atom. The van der Waals surface area contributed by atoms with Gasteiger partial charge in [-0.1, -0.05) is 36.4 Å². The van der Waals surface area contributed by atoms with Crippen molar-refractivity contribution in [1.82, 2.24) is 14.9 Å². The quantitative estimate of drug-likeness (QED) is 0.424. The van der Waals surface area contributed by atoms with Crippen LogP contribution in [0.15, 0.2) is 85.1 Å². The van der Waals surface area contributed by atoms with Gasteiger partial charge in [0.2, 0.25) is 0 Å². The van der Waals surface area contributed by atoms with E-state index in [0.29, 0.717) is 0 Å². The number of benzene rings is 3. The molecular weight excluding hydrogens is 370 g/mol. The van der Waals surface area contributed by atoms with Gasteiger partial charge in [0.15, 0.2) is 0 Å². The molecule has 0 atom stereocenters. The van der Waals surface area contributed by atoms with Crippen LogP contribution in [-0.2, 0) is 6.54 Å². The van der Waals surface area contributed by atoms with Crippen LogP contribution in [0.1, 0.15) is 5.56 Å². The molecule has 2 aromatic heterocycles. The Bertz CT molecular complexity index is 1300. The van der Waals surface area contributed by atoms with Gasteiger partial charge in [0.25, 0.3) is 0 Å². The zero-order valence-electron chi connectivity index (χ0n) is 17.1. The Balaban J connectivity index is 1.84. The van der Waals surface area contributed by atoms with E-state index >= 15 is 0 Å². The van der Waals surface area contributed by atoms with Crippen LogP contribution in [0.25, 0.3) is 38.8 Å². The maximum Gasteiger partial charge on any atom is 0.120 e. The third-order valence-corrected chi connectivity index (χ3v) is 5.51. The van der Waals surface area contributed by atoms with E-state index in [1.165, 1.54) is 27.4 Å². The minimum Gasteiger partial charge on any atom is -0.497 e. The standard InChI is InChI=1S/C26H23N3O/c1-27-17-18-13-14-28-23(15-18)22-12-11-19(30-2)16-26(22)29-24-9-5-3-7-20(24)21-8-4-6-10-25(21)29/h3-16,27H,17H2,1-2H3. The van der Waals surface area contributed by atoms with Crippen molar-refractivity contribution in [3.8, 4) is 22.7 Å². The molecule has 0 aliphatic heterocycles. The molecule has 1 N–H and O–H groups in total. The fourth-order valence-corrected chi connectivity index (χ4v) is 4.16. The summed E-state index contributed by atoms with van der Waals surface area (Å²) in [6, 6.07) is 27.4. The van der Waals surface area contributed by atoms with E-state index < -0.39 is 0 Å². The zero-order valence-corrected chi connectivity index (χ0v) is 17.1. The number of pyridine rings is 1. The van der Waals surface area contributed by atoms with Gasteiger partial charge in [0.1, 0.15) is 5.75 Å². The van der Waals surface area contributed by atoms with Gasteiger partial charge in [0, 0.05) is 35.1 Å². The molecule has 0 aliphatic rings. The normalized spacial score (nSPS) is 11.3. The topological polar surface area (TPSA) is 39.1 Å². The lowest BCUT2D eigenvalue weighted by molar-refractivity contribution is 0.414. The first-order chi connectivity index (χ1) is 14.8. The number of ether oxygens (including phenoxy) is 1. The molecule has 0 spiro atoms. The van der Waals surface area contributed by atoms with Crippen molar-refractivity contribution in [1.29, 1.82) is 0 Å². The van der Waals surface area contributed by atoms with Crippen LogP contribution in [-0.4, -0.2) is 23.7 Å². The summed E-state index contributed by atoms with van der Waals surface area (Å²) < 4.78 is 7.90. The van der Waals surface area contributed by atoms with E-state index in [0.717, 1.165) is 29.2 Å². The molecule has 4 nitrogen and oxygen atoms in total. The van der Waals surface area contributed by atoms with Crippen LogP contribution >= 0.6 is 0 Å². The van der Waals surface area contributed by atoms with Crippen LogP contribution < -0.4 is 10.1 Å². The fraction of sp³-hybridized carbons (Fsp3) is 0.115. The lowest BCUT2D eigenvalue weighted by Gasteiger charge is -2.15. The van der Waals surface area contributed by atoms with Crippen molar-refractivity contribution in [2.24, 2.45) is 0 Å². The molecule has 0 bridgehead atoms. The van der Waals surface area contributed by atoms with Gasteiger partial charge in [-0.15, -0.1) is 0 Å². The summed E-state index contributed by atoms with van der Waals surface area (Å²) in [6.45, 7) is 0.802. The highest BCUT2D eigenvalue weighted by molar-refractivity contribution is 6.09. The summed E-state index contributed by atoms with van der Waals surface area (Å²) in [6.07, 6.45) is 1.88. The first-order valence-corrected chi connectivity index (χ1v) is 10.1. The lowest BCUT2D eigenvalue weighted by Crippen LogP contribution is -2.05. The molecule has 5 aromatic rings. The van der Waals surface area contributed by atoms with Crippen molar-refractivity contribution >= 4 is 21.8 Å². The van der Waals surface area contributed by atoms with Crippen LogP contribution in [0.5, 0.6) is 5.75 Å². The summed E-state index contributed by atoms with van der Waals surface area (Å²) in [7, 11) is 3.66. The second kappa shape index (κ2) is 7.65. The first kappa shape index (κ1) is 18.4. The molecule has 0 amide bonds. The average molecular weight is 393 g/mol. The molecule has 30 heavy (non-hydrogen) atoms. The van der Waals surface area contributed by atoms with Gasteiger partial charge in [-0.2, -0.15) is 0 Å². The molecule has 0 saturated heterocycles. The number of rotatable bonds is 5. The molecule has 148 valence electrons. The van der Waals surface area contributed by atoms with E-state index in [1.54, 1.807) is 7.11 Å². The zero-order chi connectivity index (χ0) is 20.5. The Labute approximate surface area is 175 Å². The Kier molecular flexibility index (Phi) is 4.69. The van der Waals surface area contributed by atoms with Crippen molar-refractivity contribution < 1.29 is 4.74 Å². The van der Waals surface area contributed by atoms with Crippen molar-refractivity contribution in [2.45, 2.75) is 6.54 Å². The van der Waals surface area contributed by atoms with Crippen LogP contribution in [0.3, 0.4) is 0 Å². The van der Waals surface area contributed by atoms with Crippen molar-refractivity contribution in [3.63, 3.8) is 0 Å². The summed E-state index contributed by atoms with van der Waals surface area (Å²) in [5, 5.41) is 5.69. The minimum absolute atomic E-state index is 0.802. The number of fused-ring (bicyclic) bond motifs is 3. The Morgan fingerprint density at radius 3 is 2.23 bits per heavy atom. The predicted octanol–water partition coefficient (Wildman–Crippen LogP) is 5.57. The smallest absolute Gasteiger partial charge is 0.120 e. The lowest BCUT2D eigenvalue weighted by atomic mass is 10.1. The van der Waals surface area contributed by atoms with E-state index in [9.17, 15) is 0 Å². The maximum atomic E-state index is 5.59. The van der Waals surface area contributed by atoms with Gasteiger partial charge in [-0.25, -0.2) is 0 Å². The number of nitrogens with one attached hydrogen (secondary N) is 1. The number of para-hydroxylation sites is 2. The summed E-state index contributed by atoms with van der Waals surface area (Å²) >= 11 is 0. The van der Waals surface area contributed by atoms with Crippen LogP contribution in [0.2, 0.25) is 0 Å². The molecule has 3 aromatic carbocycles. The Hall–Kier alpha value is -3.63. The first-order valence-electron chi connectivity index (χ1n) is 10.1. The molecule has 5 rings (SSSR count). The van der Waals surface area contributed by atoms with Gasteiger partial charge < -0.3 is 14.6 Å². The largest absolute Gasteiger partial charge is 0.497 e. The summed E-state index contributed by atoms with van der Waals surface area (Å²) in [4.78, 5) is 4.70. The number of hydrogen-bond donors (Lipinski definition) is 1. The molecule has 0 unspecified atom stereocenters. The van der Waals surface area contributed by atoms with Crippen LogP contribution in [0, 0.1) is 0 Å². The highest BCUT2D eigenvalue weighted by Crippen LogP contribution is 2.37. The molecule has 2 heterocycles. The monoisotopic (exact) mass is 393 g/mol. The second-order valence-corrected chi connectivity index (χ2v) is 7.33. The maximum absolute atomic E-state index is 5.59. The summed E-state index contributed by atoms with van der Waals surface area (Å²) in [5.41, 5.74) is 6.61. The fourth-order valence-electron chi connectivity index (χ4n) is 4.16. The SMILES string of the molecule is CNCc1ccnc(-c2ccc(OC)cc2-n2c3ccccc3c3ccccc32)c1. The minimum atomic E-state index is 0.802. The number of methoxy groups -OCH3 is 1. The van der Waals surface area contributed by atoms with Crippen molar-refractivity contribution in [3.05, 3.63) is 90.6 Å². The molecule has 0 aliphatic carbocycles. The third kappa shape index (κ3) is 3.02. The number of hydrogen-bond acceptors (Lipinski definition) is 3. The van der Waals surface area contributed by atoms with E-state index in [4.69, 9.17) is 9.72 Å². The summed E-state index contributed by atoms with van der Waals surface area (Å²) in [5.74, 6) is 0.821. The van der Waals surface area contributed by atoms with Crippen LogP contribution in [0.4, 0.5) is 0 Å². The number of nitrogens with zero attached hydrogens (tertiary/aromatic N) is 2. The molecular formula is C26H23N3O. The molecule has 0 radical (unpaired) electrons. The molecule has 0 fully saturated rings. The van der Waals surface area contributed by atoms with Gasteiger partial charge in [-0.05, 0) is 49.0 Å². The highest BCUT2D eigenvalue weighted by atomic mass is 16.5. The van der Waals surface area contributed by atoms with E-state index in [1.807, 2.05) is 25.4 Å². The second-order valence-electron chi connectivity index (χ2n) is 7.33. The predicted molar refractivity (Wildman–Crippen MR) is 123 cm³/mol. The van der Waals surface area contributed by atoms with Gasteiger partial charge in [0.05, 0.1) is 29.5 Å². The third-order valence-electron chi connectivity index (χ3n) is 5.51. The van der Waals surface area contributed by atoms with Gasteiger partial charge in [-0.3, -0.25) is 4.98 Å². The van der Waals surface area contributed by atoms with E-state index in [2.05, 4.69) is 76.6 Å². The van der Waals surface area contributed by atoms with Crippen molar-refractivity contribution in [2.75, 3.05) is 14.2 Å². The average Bonchev–Trinajstić information content (AvgIpc) is 3.13. The molecule has 0 saturated carbocycles. The Morgan fingerprint density at radius 2 is 1.57 bits per heavy atom. The number of aromatic nitrogens is 2. The highest BCUT2D eigenvalue weighted by Gasteiger charge is 2.16. The van der Waals surface area contributed by atoms with E-state index in [-0.39, 0.29) is 0 Å². The molecule has 4 heteroatoms.